The molecule has 5 rings (SSSR count). The maximum atomic E-state index is 13.5. The molecule has 3 aromatic carbocycles. The molecule has 1 fully saturated rings. The SMILES string of the molecule is O=c1c2ccccc2c(Cc2ccc(Cl)cc2)nn1C1CCCN(C/C=C/c2ccccc2)CC1. The first kappa shape index (κ1) is 23.5. The van der Waals surface area contributed by atoms with E-state index in [0.717, 1.165) is 65.9 Å². The summed E-state index contributed by atoms with van der Waals surface area (Å²) in [5.41, 5.74) is 3.31. The maximum Gasteiger partial charge on any atom is 0.274 e. The van der Waals surface area contributed by atoms with Crippen molar-refractivity contribution in [1.82, 2.24) is 14.7 Å². The molecule has 178 valence electrons. The van der Waals surface area contributed by atoms with Crippen molar-refractivity contribution >= 4 is 28.4 Å². The van der Waals surface area contributed by atoms with Crippen molar-refractivity contribution in [3.8, 4) is 0 Å². The van der Waals surface area contributed by atoms with Crippen LogP contribution >= 0.6 is 11.6 Å². The third-order valence-corrected chi connectivity index (χ3v) is 7.05. The van der Waals surface area contributed by atoms with Crippen LogP contribution in [-0.2, 0) is 6.42 Å². The van der Waals surface area contributed by atoms with E-state index >= 15 is 0 Å². The molecule has 0 spiro atoms. The van der Waals surface area contributed by atoms with Crippen molar-refractivity contribution in [3.05, 3.63) is 117 Å². The van der Waals surface area contributed by atoms with Crippen LogP contribution < -0.4 is 5.56 Å². The van der Waals surface area contributed by atoms with E-state index in [0.29, 0.717) is 6.42 Å². The molecular formula is C30H30ClN3O. The van der Waals surface area contributed by atoms with Crippen LogP contribution in [0.1, 0.15) is 42.1 Å². The second-order valence-electron chi connectivity index (χ2n) is 9.24. The van der Waals surface area contributed by atoms with Gasteiger partial charge in [0.25, 0.3) is 5.56 Å². The molecule has 1 aliphatic rings. The minimum Gasteiger partial charge on any atom is -0.300 e. The summed E-state index contributed by atoms with van der Waals surface area (Å²) in [4.78, 5) is 15.9. The van der Waals surface area contributed by atoms with Gasteiger partial charge in [-0.15, -0.1) is 0 Å². The molecule has 2 heterocycles. The van der Waals surface area contributed by atoms with E-state index in [-0.39, 0.29) is 11.6 Å². The Hall–Kier alpha value is -3.21. The number of rotatable bonds is 6. The van der Waals surface area contributed by atoms with E-state index in [1.165, 1.54) is 5.56 Å². The van der Waals surface area contributed by atoms with Crippen LogP contribution in [0.5, 0.6) is 0 Å². The fourth-order valence-electron chi connectivity index (χ4n) is 4.92. The molecule has 0 saturated carbocycles. The fourth-order valence-corrected chi connectivity index (χ4v) is 5.04. The average Bonchev–Trinajstić information content (AvgIpc) is 3.13. The Balaban J connectivity index is 1.36. The van der Waals surface area contributed by atoms with Gasteiger partial charge in [-0.25, -0.2) is 4.68 Å². The van der Waals surface area contributed by atoms with Crippen LogP contribution in [-0.4, -0.2) is 34.3 Å². The summed E-state index contributed by atoms with van der Waals surface area (Å²) in [6.45, 7) is 2.91. The molecule has 1 saturated heterocycles. The Morgan fingerprint density at radius 1 is 0.886 bits per heavy atom. The van der Waals surface area contributed by atoms with Gasteiger partial charge in [-0.3, -0.25) is 9.69 Å². The molecule has 1 aliphatic heterocycles. The van der Waals surface area contributed by atoms with E-state index in [9.17, 15) is 4.79 Å². The zero-order valence-electron chi connectivity index (χ0n) is 19.8. The van der Waals surface area contributed by atoms with E-state index in [1.807, 2.05) is 54.6 Å². The van der Waals surface area contributed by atoms with Gasteiger partial charge in [0.05, 0.1) is 17.1 Å². The smallest absolute Gasteiger partial charge is 0.274 e. The number of aromatic nitrogens is 2. The van der Waals surface area contributed by atoms with Crippen molar-refractivity contribution in [3.63, 3.8) is 0 Å². The molecule has 0 aliphatic carbocycles. The molecule has 0 bridgehead atoms. The predicted octanol–water partition coefficient (Wildman–Crippen LogP) is 6.38. The quantitative estimate of drug-likeness (QED) is 0.319. The number of nitrogens with zero attached hydrogens (tertiary/aromatic N) is 3. The molecule has 1 unspecified atom stereocenters. The van der Waals surface area contributed by atoms with Gasteiger partial charge in [0, 0.05) is 29.9 Å². The standard InChI is InChI=1S/C30H30ClN3O/c31-25-16-14-24(15-17-25)22-29-27-12-4-5-13-28(27)30(35)34(32-29)26-11-7-20-33(21-18-26)19-6-10-23-8-2-1-3-9-23/h1-6,8-10,12-17,26H,7,11,18-22H2/b10-6+. The molecule has 0 amide bonds. The first-order chi connectivity index (χ1) is 17.2. The van der Waals surface area contributed by atoms with Crippen LogP contribution in [0, 0.1) is 0 Å². The summed E-state index contributed by atoms with van der Waals surface area (Å²) >= 11 is 6.08. The van der Waals surface area contributed by atoms with Gasteiger partial charge in [-0.2, -0.15) is 5.10 Å². The van der Waals surface area contributed by atoms with Crippen LogP contribution in [0.4, 0.5) is 0 Å². The summed E-state index contributed by atoms with van der Waals surface area (Å²) in [6.07, 6.45) is 8.02. The highest BCUT2D eigenvalue weighted by atomic mass is 35.5. The van der Waals surface area contributed by atoms with E-state index in [4.69, 9.17) is 16.7 Å². The molecule has 4 aromatic rings. The van der Waals surface area contributed by atoms with E-state index in [1.54, 1.807) is 4.68 Å². The zero-order chi connectivity index (χ0) is 24.0. The Bertz CT molecular complexity index is 1360. The van der Waals surface area contributed by atoms with Crippen molar-refractivity contribution in [1.29, 1.82) is 0 Å². The monoisotopic (exact) mass is 483 g/mol. The average molecular weight is 484 g/mol. The van der Waals surface area contributed by atoms with Crippen molar-refractivity contribution in [2.45, 2.75) is 31.7 Å². The maximum absolute atomic E-state index is 13.5. The van der Waals surface area contributed by atoms with Gasteiger partial charge in [0.2, 0.25) is 0 Å². The number of likely N-dealkylation sites (tertiary alicyclic amines) is 1. The van der Waals surface area contributed by atoms with Gasteiger partial charge in [-0.1, -0.05) is 84.4 Å². The number of halogens is 1. The molecule has 5 heteroatoms. The first-order valence-corrected chi connectivity index (χ1v) is 12.7. The molecule has 0 radical (unpaired) electrons. The van der Waals surface area contributed by atoms with Crippen LogP contribution in [0.15, 0.2) is 89.7 Å². The van der Waals surface area contributed by atoms with Crippen LogP contribution in [0.2, 0.25) is 5.02 Å². The highest BCUT2D eigenvalue weighted by molar-refractivity contribution is 6.30. The first-order valence-electron chi connectivity index (χ1n) is 12.4. The summed E-state index contributed by atoms with van der Waals surface area (Å²) in [5, 5.41) is 7.35. The summed E-state index contributed by atoms with van der Waals surface area (Å²) in [5.74, 6) is 0. The lowest BCUT2D eigenvalue weighted by molar-refractivity contribution is 0.306. The topological polar surface area (TPSA) is 38.1 Å². The third-order valence-electron chi connectivity index (χ3n) is 6.80. The summed E-state index contributed by atoms with van der Waals surface area (Å²) < 4.78 is 1.77. The van der Waals surface area contributed by atoms with Gasteiger partial charge in [0.15, 0.2) is 0 Å². The summed E-state index contributed by atoms with van der Waals surface area (Å²) in [6, 6.07) is 26.2. The molecule has 1 atom stereocenters. The lowest BCUT2D eigenvalue weighted by Crippen LogP contribution is -2.30. The Morgan fingerprint density at radius 2 is 1.63 bits per heavy atom. The van der Waals surface area contributed by atoms with Gasteiger partial charge >= 0.3 is 0 Å². The largest absolute Gasteiger partial charge is 0.300 e. The number of hydrogen-bond donors (Lipinski definition) is 0. The number of hydrogen-bond acceptors (Lipinski definition) is 3. The minimum atomic E-state index is 0.0166. The van der Waals surface area contributed by atoms with E-state index in [2.05, 4.69) is 41.3 Å². The lowest BCUT2D eigenvalue weighted by atomic mass is 10.0. The Labute approximate surface area is 211 Å². The highest BCUT2D eigenvalue weighted by Crippen LogP contribution is 2.24. The normalized spacial score (nSPS) is 17.1. The molecule has 35 heavy (non-hydrogen) atoms. The number of benzene rings is 3. The lowest BCUT2D eigenvalue weighted by Gasteiger charge is -2.20. The van der Waals surface area contributed by atoms with Crippen molar-refractivity contribution in [2.24, 2.45) is 0 Å². The van der Waals surface area contributed by atoms with Gasteiger partial charge < -0.3 is 0 Å². The fraction of sp³-hybridized carbons (Fsp3) is 0.267. The Kier molecular flexibility index (Phi) is 7.41. The summed E-state index contributed by atoms with van der Waals surface area (Å²) in [7, 11) is 0. The highest BCUT2D eigenvalue weighted by Gasteiger charge is 2.22. The van der Waals surface area contributed by atoms with Crippen molar-refractivity contribution < 1.29 is 0 Å². The Morgan fingerprint density at radius 3 is 2.43 bits per heavy atom. The third kappa shape index (κ3) is 5.72. The zero-order valence-corrected chi connectivity index (χ0v) is 20.6. The second-order valence-corrected chi connectivity index (χ2v) is 9.68. The van der Waals surface area contributed by atoms with Crippen LogP contribution in [0.3, 0.4) is 0 Å². The second kappa shape index (κ2) is 11.0. The van der Waals surface area contributed by atoms with Gasteiger partial charge in [-0.05, 0) is 55.1 Å². The van der Waals surface area contributed by atoms with Gasteiger partial charge in [0.1, 0.15) is 0 Å². The van der Waals surface area contributed by atoms with Crippen molar-refractivity contribution in [2.75, 3.05) is 19.6 Å². The molecular weight excluding hydrogens is 454 g/mol. The molecule has 0 N–H and O–H groups in total. The minimum absolute atomic E-state index is 0.0166. The molecule has 4 nitrogen and oxygen atoms in total. The number of fused-ring (bicyclic) bond motifs is 1. The predicted molar refractivity (Wildman–Crippen MR) is 145 cm³/mol. The van der Waals surface area contributed by atoms with E-state index < -0.39 is 0 Å². The molecule has 1 aromatic heterocycles. The van der Waals surface area contributed by atoms with Crippen LogP contribution in [0.25, 0.3) is 16.8 Å².